The standard InChI is InChI=1S/C22H24F3N3O4/c1-11(2)31-10-27-15-8-20(3)16-17(21(15,4)32-20)19(30)28(18(16)29)13-6-5-12(9-26)14(7-13)22(23,24)25/h5-7,11,15,27,29-30H,8,10H2,1-4H3/t15-,20-,21+/m0/s1. The summed E-state index contributed by atoms with van der Waals surface area (Å²) < 4.78 is 53.1. The maximum atomic E-state index is 13.5. The van der Waals surface area contributed by atoms with Crippen LogP contribution in [0.15, 0.2) is 18.2 Å². The highest BCUT2D eigenvalue weighted by atomic mass is 19.4. The zero-order chi connectivity index (χ0) is 23.6. The fourth-order valence-corrected chi connectivity index (χ4v) is 4.89. The minimum atomic E-state index is -4.77. The second kappa shape index (κ2) is 7.13. The average Bonchev–Trinajstić information content (AvgIpc) is 3.21. The summed E-state index contributed by atoms with van der Waals surface area (Å²) in [6.07, 6.45) is -4.29. The van der Waals surface area contributed by atoms with E-state index in [1.54, 1.807) is 13.8 Å². The fraction of sp³-hybridized carbons (Fsp3) is 0.500. The van der Waals surface area contributed by atoms with Crippen LogP contribution in [0.1, 0.15) is 56.4 Å². The lowest BCUT2D eigenvalue weighted by atomic mass is 9.76. The van der Waals surface area contributed by atoms with E-state index in [0.29, 0.717) is 17.5 Å². The van der Waals surface area contributed by atoms with Gasteiger partial charge in [-0.25, -0.2) is 0 Å². The van der Waals surface area contributed by atoms with E-state index in [1.807, 2.05) is 13.8 Å². The smallest absolute Gasteiger partial charge is 0.417 e. The molecule has 2 aliphatic heterocycles. The van der Waals surface area contributed by atoms with Gasteiger partial charge in [0.25, 0.3) is 0 Å². The molecule has 10 heteroatoms. The number of aromatic hydroxyl groups is 2. The number of alkyl halides is 3. The molecule has 0 spiro atoms. The van der Waals surface area contributed by atoms with Gasteiger partial charge in [0.2, 0.25) is 11.8 Å². The Morgan fingerprint density at radius 2 is 1.94 bits per heavy atom. The van der Waals surface area contributed by atoms with Crippen LogP contribution in [0.4, 0.5) is 13.2 Å². The summed E-state index contributed by atoms with van der Waals surface area (Å²) in [5.41, 5.74) is -3.12. The van der Waals surface area contributed by atoms with Crippen molar-refractivity contribution in [2.24, 2.45) is 0 Å². The van der Waals surface area contributed by atoms with Gasteiger partial charge in [-0.05, 0) is 52.3 Å². The molecule has 0 saturated carbocycles. The highest BCUT2D eigenvalue weighted by Gasteiger charge is 2.64. The highest BCUT2D eigenvalue weighted by Crippen LogP contribution is 2.64. The lowest BCUT2D eigenvalue weighted by Crippen LogP contribution is -2.45. The maximum absolute atomic E-state index is 13.5. The minimum absolute atomic E-state index is 0.0127. The number of hydrogen-bond acceptors (Lipinski definition) is 6. The number of nitriles is 1. The Kier molecular flexibility index (Phi) is 5.01. The van der Waals surface area contributed by atoms with Crippen molar-refractivity contribution in [1.82, 2.24) is 9.88 Å². The van der Waals surface area contributed by atoms with Crippen LogP contribution >= 0.6 is 0 Å². The van der Waals surface area contributed by atoms with Gasteiger partial charge in [-0.1, -0.05) is 0 Å². The van der Waals surface area contributed by atoms with E-state index in [1.165, 1.54) is 12.1 Å². The third-order valence-electron chi connectivity index (χ3n) is 6.28. The highest BCUT2D eigenvalue weighted by molar-refractivity contribution is 5.62. The van der Waals surface area contributed by atoms with Crippen molar-refractivity contribution in [1.29, 1.82) is 5.26 Å². The van der Waals surface area contributed by atoms with E-state index in [-0.39, 0.29) is 24.6 Å². The molecule has 2 aliphatic rings. The molecule has 3 N–H and O–H groups in total. The molecule has 0 unspecified atom stereocenters. The SMILES string of the molecule is CC(C)OCN[C@H]1C[C@]2(C)O[C@@]1(C)c1c2c(O)n(-c2ccc(C#N)c(C(F)(F)F)c2)c1O. The number of hydrogen-bond donors (Lipinski definition) is 3. The Morgan fingerprint density at radius 1 is 1.28 bits per heavy atom. The monoisotopic (exact) mass is 451 g/mol. The van der Waals surface area contributed by atoms with Crippen LogP contribution in [0.5, 0.6) is 11.8 Å². The van der Waals surface area contributed by atoms with Crippen LogP contribution in [0, 0.1) is 11.3 Å². The summed E-state index contributed by atoms with van der Waals surface area (Å²) in [5.74, 6) is -0.795. The number of ether oxygens (including phenoxy) is 2. The number of aromatic nitrogens is 1. The van der Waals surface area contributed by atoms with Gasteiger partial charge in [-0.2, -0.15) is 18.4 Å². The first kappa shape index (κ1) is 22.5. The van der Waals surface area contributed by atoms with Crippen molar-refractivity contribution >= 4 is 0 Å². The van der Waals surface area contributed by atoms with Gasteiger partial charge in [0.1, 0.15) is 5.60 Å². The normalized spacial score (nSPS) is 26.5. The molecular formula is C22H24F3N3O4. The number of halogens is 3. The van der Waals surface area contributed by atoms with Crippen molar-refractivity contribution in [2.45, 2.75) is 63.6 Å². The first-order chi connectivity index (χ1) is 14.8. The molecule has 32 heavy (non-hydrogen) atoms. The van der Waals surface area contributed by atoms with Gasteiger partial charge in [-0.15, -0.1) is 0 Å². The van der Waals surface area contributed by atoms with E-state index >= 15 is 0 Å². The summed E-state index contributed by atoms with van der Waals surface area (Å²) in [6.45, 7) is 7.59. The average molecular weight is 451 g/mol. The number of nitrogens with one attached hydrogen (secondary N) is 1. The number of rotatable bonds is 5. The molecule has 2 aromatic rings. The molecule has 7 nitrogen and oxygen atoms in total. The van der Waals surface area contributed by atoms with Crippen LogP contribution in [0.25, 0.3) is 5.69 Å². The van der Waals surface area contributed by atoms with Gasteiger partial charge in [0.15, 0.2) is 0 Å². The molecule has 3 atom stereocenters. The Labute approximate surface area is 183 Å². The minimum Gasteiger partial charge on any atom is -0.494 e. The summed E-state index contributed by atoms with van der Waals surface area (Å²) >= 11 is 0. The Balaban J connectivity index is 1.81. The van der Waals surface area contributed by atoms with Crippen LogP contribution in [0.2, 0.25) is 0 Å². The van der Waals surface area contributed by atoms with E-state index < -0.39 is 40.3 Å². The van der Waals surface area contributed by atoms with E-state index in [0.717, 1.165) is 16.7 Å². The maximum Gasteiger partial charge on any atom is 0.417 e. The molecule has 1 aromatic carbocycles. The molecule has 1 aromatic heterocycles. The van der Waals surface area contributed by atoms with E-state index in [2.05, 4.69) is 5.32 Å². The Bertz CT molecular complexity index is 1120. The first-order valence-corrected chi connectivity index (χ1v) is 10.2. The third-order valence-corrected chi connectivity index (χ3v) is 6.28. The Hall–Kier alpha value is -2.74. The summed E-state index contributed by atoms with van der Waals surface area (Å²) in [4.78, 5) is 0. The molecule has 4 rings (SSSR count). The quantitative estimate of drug-likeness (QED) is 0.595. The molecule has 3 heterocycles. The van der Waals surface area contributed by atoms with Crippen molar-refractivity contribution in [3.8, 4) is 23.5 Å². The molecule has 0 amide bonds. The first-order valence-electron chi connectivity index (χ1n) is 10.2. The van der Waals surface area contributed by atoms with Gasteiger partial charge in [-0.3, -0.25) is 9.88 Å². The van der Waals surface area contributed by atoms with E-state index in [9.17, 15) is 23.4 Å². The van der Waals surface area contributed by atoms with Crippen molar-refractivity contribution < 1.29 is 32.9 Å². The largest absolute Gasteiger partial charge is 0.494 e. The predicted molar refractivity (Wildman–Crippen MR) is 107 cm³/mol. The van der Waals surface area contributed by atoms with Gasteiger partial charge in [0.05, 0.1) is 52.4 Å². The summed E-state index contributed by atoms with van der Waals surface area (Å²) in [6, 6.07) is 4.28. The number of nitrogens with zero attached hydrogens (tertiary/aromatic N) is 2. The molecule has 2 bridgehead atoms. The fourth-order valence-electron chi connectivity index (χ4n) is 4.89. The van der Waals surface area contributed by atoms with E-state index in [4.69, 9.17) is 14.7 Å². The third kappa shape index (κ3) is 3.15. The lowest BCUT2D eigenvalue weighted by molar-refractivity contribution is -0.137. The molecule has 0 radical (unpaired) electrons. The Morgan fingerprint density at radius 3 is 2.53 bits per heavy atom. The zero-order valence-electron chi connectivity index (χ0n) is 18.0. The van der Waals surface area contributed by atoms with Crippen LogP contribution in [-0.2, 0) is 26.9 Å². The molecule has 1 fully saturated rings. The van der Waals surface area contributed by atoms with Crippen molar-refractivity contribution in [3.63, 3.8) is 0 Å². The summed E-state index contributed by atoms with van der Waals surface area (Å²) in [5, 5.41) is 34.3. The predicted octanol–water partition coefficient (Wildman–Crippen LogP) is 3.98. The molecule has 172 valence electrons. The van der Waals surface area contributed by atoms with Crippen LogP contribution in [0.3, 0.4) is 0 Å². The van der Waals surface area contributed by atoms with Crippen LogP contribution < -0.4 is 5.32 Å². The van der Waals surface area contributed by atoms with Gasteiger partial charge >= 0.3 is 6.18 Å². The molecule has 1 saturated heterocycles. The van der Waals surface area contributed by atoms with Crippen molar-refractivity contribution in [2.75, 3.05) is 6.73 Å². The van der Waals surface area contributed by atoms with Gasteiger partial charge in [0, 0.05) is 6.04 Å². The zero-order valence-corrected chi connectivity index (χ0v) is 18.0. The number of fused-ring (bicyclic) bond motifs is 5. The lowest BCUT2D eigenvalue weighted by Gasteiger charge is -2.30. The van der Waals surface area contributed by atoms with Crippen LogP contribution in [-0.4, -0.2) is 33.7 Å². The second-order valence-corrected chi connectivity index (χ2v) is 8.83. The molecule has 0 aliphatic carbocycles. The van der Waals surface area contributed by atoms with Gasteiger partial charge < -0.3 is 19.7 Å². The number of benzene rings is 1. The topological polar surface area (TPSA) is 99.7 Å². The van der Waals surface area contributed by atoms with Crippen molar-refractivity contribution in [3.05, 3.63) is 40.5 Å². The second-order valence-electron chi connectivity index (χ2n) is 8.83. The summed E-state index contributed by atoms with van der Waals surface area (Å²) in [7, 11) is 0. The molecular weight excluding hydrogens is 427 g/mol.